The molecule has 0 saturated heterocycles. The topological polar surface area (TPSA) is 16.4 Å². The van der Waals surface area contributed by atoms with Crippen molar-refractivity contribution in [2.75, 3.05) is 4.90 Å². The van der Waals surface area contributed by atoms with Gasteiger partial charge in [0, 0.05) is 53.3 Å². The molecule has 2 nitrogen and oxygen atoms in total. The van der Waals surface area contributed by atoms with Crippen LogP contribution in [-0.4, -0.2) is 0 Å². The van der Waals surface area contributed by atoms with E-state index in [1.165, 1.54) is 47.8 Å². The van der Waals surface area contributed by atoms with Gasteiger partial charge < -0.3 is 9.32 Å². The van der Waals surface area contributed by atoms with Crippen molar-refractivity contribution in [3.63, 3.8) is 0 Å². The molecule has 0 amide bonds. The van der Waals surface area contributed by atoms with Crippen LogP contribution in [0.5, 0.6) is 0 Å². The summed E-state index contributed by atoms with van der Waals surface area (Å²) in [7, 11) is 0. The molecule has 0 aliphatic rings. The number of rotatable bonds is 6. The van der Waals surface area contributed by atoms with Gasteiger partial charge in [0.15, 0.2) is 0 Å². The van der Waals surface area contributed by atoms with Gasteiger partial charge >= 0.3 is 0 Å². The minimum atomic E-state index is 0.893. The van der Waals surface area contributed by atoms with Crippen molar-refractivity contribution in [1.29, 1.82) is 0 Å². The van der Waals surface area contributed by atoms with E-state index < -0.39 is 0 Å². The van der Waals surface area contributed by atoms with Crippen LogP contribution < -0.4 is 4.90 Å². The Labute approximate surface area is 322 Å². The molecule has 2 heterocycles. The van der Waals surface area contributed by atoms with Gasteiger partial charge in [0.05, 0.1) is 5.69 Å². The normalized spacial score (nSPS) is 11.6. The molecule has 11 rings (SSSR count). The first-order valence-electron chi connectivity index (χ1n) is 18.7. The highest BCUT2D eigenvalue weighted by Gasteiger charge is 2.20. The Balaban J connectivity index is 1.07. The van der Waals surface area contributed by atoms with E-state index in [-0.39, 0.29) is 0 Å². The quantitative estimate of drug-likeness (QED) is 0.170. The molecule has 55 heavy (non-hydrogen) atoms. The van der Waals surface area contributed by atoms with Crippen LogP contribution in [0.4, 0.5) is 17.1 Å². The molecule has 0 N–H and O–H groups in total. The van der Waals surface area contributed by atoms with Gasteiger partial charge in [-0.1, -0.05) is 140 Å². The van der Waals surface area contributed by atoms with Crippen LogP contribution in [0.1, 0.15) is 0 Å². The maximum Gasteiger partial charge on any atom is 0.143 e. The number of fused-ring (bicyclic) bond motifs is 8. The smallest absolute Gasteiger partial charge is 0.143 e. The Morgan fingerprint density at radius 3 is 2.00 bits per heavy atom. The lowest BCUT2D eigenvalue weighted by atomic mass is 9.97. The average molecular weight is 720 g/mol. The third-order valence-electron chi connectivity index (χ3n) is 10.9. The summed E-state index contributed by atoms with van der Waals surface area (Å²) in [6.45, 7) is 0. The van der Waals surface area contributed by atoms with Gasteiger partial charge in [-0.3, -0.25) is 0 Å². The van der Waals surface area contributed by atoms with Crippen LogP contribution in [0.3, 0.4) is 0 Å². The van der Waals surface area contributed by atoms with Gasteiger partial charge in [0.2, 0.25) is 0 Å². The lowest BCUT2D eigenvalue weighted by molar-refractivity contribution is 0.673. The van der Waals surface area contributed by atoms with Crippen LogP contribution in [-0.2, 0) is 0 Å². The van der Waals surface area contributed by atoms with Crippen LogP contribution in [0.2, 0.25) is 0 Å². The SMILES string of the molecule is c1ccc(-c2ccccc2N(c2ccc(-c3ccc4sc5ccccc5c4c3)cc2)c2cccc(-c3cccc4oc5c6ccccc6ccc5c34)c2)cc1. The Morgan fingerprint density at radius 1 is 0.382 bits per heavy atom. The van der Waals surface area contributed by atoms with Gasteiger partial charge in [0.25, 0.3) is 0 Å². The molecule has 0 spiro atoms. The lowest BCUT2D eigenvalue weighted by Crippen LogP contribution is -2.11. The van der Waals surface area contributed by atoms with Gasteiger partial charge in [-0.25, -0.2) is 0 Å². The number of furan rings is 1. The summed E-state index contributed by atoms with van der Waals surface area (Å²) in [4.78, 5) is 2.40. The highest BCUT2D eigenvalue weighted by molar-refractivity contribution is 7.25. The molecule has 0 unspecified atom stereocenters. The van der Waals surface area contributed by atoms with Crippen molar-refractivity contribution in [2.24, 2.45) is 0 Å². The second kappa shape index (κ2) is 12.9. The van der Waals surface area contributed by atoms with Crippen molar-refractivity contribution in [2.45, 2.75) is 0 Å². The maximum atomic E-state index is 6.59. The molecule has 258 valence electrons. The molecule has 0 bridgehead atoms. The van der Waals surface area contributed by atoms with E-state index in [2.05, 4.69) is 205 Å². The highest BCUT2D eigenvalue weighted by atomic mass is 32.1. The van der Waals surface area contributed by atoms with Gasteiger partial charge in [0.1, 0.15) is 11.2 Å². The molecule has 3 heteroatoms. The largest absolute Gasteiger partial charge is 0.455 e. The fourth-order valence-corrected chi connectivity index (χ4v) is 9.36. The van der Waals surface area contributed by atoms with Crippen molar-refractivity contribution in [3.05, 3.63) is 200 Å². The summed E-state index contributed by atoms with van der Waals surface area (Å²) in [6.07, 6.45) is 0. The molecule has 0 aliphatic heterocycles. The van der Waals surface area contributed by atoms with E-state index in [0.29, 0.717) is 0 Å². The average Bonchev–Trinajstić information content (AvgIpc) is 3.83. The Bertz CT molecular complexity index is 3210. The molecule has 0 saturated carbocycles. The van der Waals surface area contributed by atoms with E-state index >= 15 is 0 Å². The van der Waals surface area contributed by atoms with Crippen LogP contribution in [0.15, 0.2) is 205 Å². The minimum absolute atomic E-state index is 0.893. The molecular weight excluding hydrogens is 687 g/mol. The summed E-state index contributed by atoms with van der Waals surface area (Å²) in [5.41, 5.74) is 12.1. The summed E-state index contributed by atoms with van der Waals surface area (Å²) in [6, 6.07) is 72.2. The van der Waals surface area contributed by atoms with Crippen LogP contribution in [0.25, 0.3) is 86.3 Å². The predicted molar refractivity (Wildman–Crippen MR) is 235 cm³/mol. The first-order valence-corrected chi connectivity index (χ1v) is 19.5. The van der Waals surface area contributed by atoms with Gasteiger partial charge in [-0.2, -0.15) is 0 Å². The van der Waals surface area contributed by atoms with Gasteiger partial charge in [-0.15, -0.1) is 11.3 Å². The first kappa shape index (κ1) is 31.6. The predicted octanol–water partition coefficient (Wildman–Crippen LogP) is 15.6. The Hall–Kier alpha value is -6.94. The molecule has 11 aromatic rings. The summed E-state index contributed by atoms with van der Waals surface area (Å²) < 4.78 is 9.23. The Kier molecular flexibility index (Phi) is 7.39. The maximum absolute atomic E-state index is 6.59. The fraction of sp³-hybridized carbons (Fsp3) is 0. The summed E-state index contributed by atoms with van der Waals surface area (Å²) in [5, 5.41) is 7.20. The van der Waals surface area contributed by atoms with E-state index in [1.807, 2.05) is 11.3 Å². The zero-order valence-corrected chi connectivity index (χ0v) is 30.6. The molecule has 0 fully saturated rings. The van der Waals surface area contributed by atoms with Crippen molar-refractivity contribution in [1.82, 2.24) is 0 Å². The first-order chi connectivity index (χ1) is 27.3. The number of benzene rings is 9. The van der Waals surface area contributed by atoms with E-state index in [0.717, 1.165) is 55.5 Å². The zero-order chi connectivity index (χ0) is 36.3. The van der Waals surface area contributed by atoms with Gasteiger partial charge in [-0.05, 0) is 93.9 Å². The van der Waals surface area contributed by atoms with Crippen molar-refractivity contribution >= 4 is 81.3 Å². The van der Waals surface area contributed by atoms with Crippen molar-refractivity contribution in [3.8, 4) is 33.4 Å². The summed E-state index contributed by atoms with van der Waals surface area (Å²) in [5.74, 6) is 0. The highest BCUT2D eigenvalue weighted by Crippen LogP contribution is 2.45. The third kappa shape index (κ3) is 5.32. The van der Waals surface area contributed by atoms with Crippen molar-refractivity contribution < 1.29 is 4.42 Å². The standard InChI is InChI=1S/C52H33NOS/c1-2-12-35(13-3-1)41-17-6-8-21-47(41)53(39-28-24-34(25-29-39)37-27-31-50-46(33-37)44-19-7-9-23-49(44)55-50)40-16-10-15-38(32-40)42-20-11-22-48-51(42)45-30-26-36-14-4-5-18-43(36)52(45)54-48/h1-33H. The third-order valence-corrected chi connectivity index (χ3v) is 12.0. The fourth-order valence-electron chi connectivity index (χ4n) is 8.27. The number of anilines is 3. The molecule has 2 aromatic heterocycles. The lowest BCUT2D eigenvalue weighted by Gasteiger charge is -2.28. The number of para-hydroxylation sites is 1. The molecule has 0 aliphatic carbocycles. The molecule has 0 atom stereocenters. The second-order valence-electron chi connectivity index (χ2n) is 14.1. The number of thiophene rings is 1. The number of hydrogen-bond donors (Lipinski definition) is 0. The monoisotopic (exact) mass is 719 g/mol. The number of nitrogens with zero attached hydrogens (tertiary/aromatic N) is 1. The molecule has 9 aromatic carbocycles. The summed E-state index contributed by atoms with van der Waals surface area (Å²) >= 11 is 1.86. The van der Waals surface area contributed by atoms with Crippen LogP contribution in [0, 0.1) is 0 Å². The van der Waals surface area contributed by atoms with Crippen LogP contribution >= 0.6 is 11.3 Å². The molecular formula is C52H33NOS. The number of hydrogen-bond acceptors (Lipinski definition) is 3. The van der Waals surface area contributed by atoms with E-state index in [4.69, 9.17) is 4.42 Å². The Morgan fingerprint density at radius 2 is 1.09 bits per heavy atom. The van der Waals surface area contributed by atoms with E-state index in [9.17, 15) is 0 Å². The second-order valence-corrected chi connectivity index (χ2v) is 15.2. The zero-order valence-electron chi connectivity index (χ0n) is 29.8. The molecule has 0 radical (unpaired) electrons. The minimum Gasteiger partial charge on any atom is -0.455 e. The van der Waals surface area contributed by atoms with E-state index in [1.54, 1.807) is 0 Å².